The number of rotatable bonds is 0. The summed E-state index contributed by atoms with van der Waals surface area (Å²) in [5, 5.41) is 0. The van der Waals surface area contributed by atoms with Gasteiger partial charge in [0.1, 0.15) is 0 Å². The lowest BCUT2D eigenvalue weighted by atomic mass is 9.82. The molecule has 0 unspecified atom stereocenters. The van der Waals surface area contributed by atoms with Gasteiger partial charge in [0.2, 0.25) is 0 Å². The molecule has 1 aliphatic carbocycles. The summed E-state index contributed by atoms with van der Waals surface area (Å²) < 4.78 is 2.27. The highest BCUT2D eigenvalue weighted by molar-refractivity contribution is 14.1. The summed E-state index contributed by atoms with van der Waals surface area (Å²) in [5.74, 6) is 0. The molecule has 0 saturated heterocycles. The summed E-state index contributed by atoms with van der Waals surface area (Å²) in [6, 6.07) is 13.4. The zero-order valence-electron chi connectivity index (χ0n) is 14.9. The lowest BCUT2D eigenvalue weighted by Gasteiger charge is -2.24. The van der Waals surface area contributed by atoms with E-state index in [1.54, 1.807) is 0 Å². The number of anilines is 1. The second-order valence-corrected chi connectivity index (χ2v) is 7.69. The molecule has 0 radical (unpaired) electrons. The van der Waals surface area contributed by atoms with Gasteiger partial charge in [-0.15, -0.1) is 0 Å². The third-order valence-corrected chi connectivity index (χ3v) is 5.81. The van der Waals surface area contributed by atoms with Crippen LogP contribution in [-0.4, -0.2) is 6.54 Å². The fourth-order valence-corrected chi connectivity index (χ4v) is 4.41. The maximum absolute atomic E-state index is 4.33. The minimum atomic E-state index is 0.0490. The summed E-state index contributed by atoms with van der Waals surface area (Å²) in [6.45, 7) is 13.9. The van der Waals surface area contributed by atoms with Gasteiger partial charge in [0.25, 0.3) is 0 Å². The molecule has 2 heteroatoms. The molecule has 0 bridgehead atoms. The molecule has 4 rings (SSSR count). The summed E-state index contributed by atoms with van der Waals surface area (Å²) in [4.78, 5) is 0. The Morgan fingerprint density at radius 1 is 1.00 bits per heavy atom. The van der Waals surface area contributed by atoms with Crippen LogP contribution in [0.15, 0.2) is 55.1 Å². The second-order valence-electron chi connectivity index (χ2n) is 6.53. The molecule has 1 nitrogen and oxygen atoms in total. The van der Waals surface area contributed by atoms with Crippen LogP contribution in [-0.2, 0) is 5.41 Å². The Hall–Kier alpha value is -1.55. The van der Waals surface area contributed by atoms with E-state index in [4.69, 9.17) is 0 Å². The van der Waals surface area contributed by atoms with Gasteiger partial charge in [0.15, 0.2) is 0 Å². The van der Waals surface area contributed by atoms with E-state index < -0.39 is 0 Å². The van der Waals surface area contributed by atoms with Crippen LogP contribution in [0, 0.1) is 0 Å². The Morgan fingerprint density at radius 2 is 1.71 bits per heavy atom. The van der Waals surface area contributed by atoms with Gasteiger partial charge in [-0.2, -0.15) is 0 Å². The van der Waals surface area contributed by atoms with E-state index in [2.05, 4.69) is 95.0 Å². The Balaban J connectivity index is 0.000000815. The van der Waals surface area contributed by atoms with E-state index >= 15 is 0 Å². The number of benzene rings is 2. The highest BCUT2D eigenvalue weighted by Gasteiger charge is 2.37. The lowest BCUT2D eigenvalue weighted by molar-refractivity contribution is 0.660. The molecule has 2 aromatic rings. The molecule has 2 aromatic carbocycles. The Bertz CT molecular complexity index is 830. The van der Waals surface area contributed by atoms with Crippen LogP contribution < -0.4 is 3.11 Å². The number of halogens is 1. The van der Waals surface area contributed by atoms with Crippen molar-refractivity contribution in [2.75, 3.05) is 9.66 Å². The molecule has 0 aromatic heterocycles. The van der Waals surface area contributed by atoms with Crippen LogP contribution in [0.25, 0.3) is 16.7 Å². The molecule has 0 atom stereocenters. The summed E-state index contributed by atoms with van der Waals surface area (Å²) in [5.41, 5.74) is 9.27. The smallest absolute Gasteiger partial charge is 0.0594 e. The van der Waals surface area contributed by atoms with Crippen LogP contribution in [0.3, 0.4) is 0 Å². The van der Waals surface area contributed by atoms with E-state index in [1.807, 2.05) is 13.8 Å². The monoisotopic (exact) mass is 429 g/mol. The lowest BCUT2D eigenvalue weighted by Crippen LogP contribution is -2.15. The average Bonchev–Trinajstić information content (AvgIpc) is 2.73. The average molecular weight is 429 g/mol. The predicted octanol–water partition coefficient (Wildman–Crippen LogP) is 6.76. The van der Waals surface area contributed by atoms with Crippen LogP contribution in [0.5, 0.6) is 0 Å². The van der Waals surface area contributed by atoms with Crippen LogP contribution >= 0.6 is 22.9 Å². The van der Waals surface area contributed by atoms with E-state index in [-0.39, 0.29) is 5.41 Å². The van der Waals surface area contributed by atoms with Crippen molar-refractivity contribution in [3.05, 3.63) is 71.8 Å². The third-order valence-electron chi connectivity index (χ3n) is 4.89. The van der Waals surface area contributed by atoms with Gasteiger partial charge in [-0.3, -0.25) is 0 Å². The Kier molecular flexibility index (Phi) is 4.60. The molecule has 0 N–H and O–H groups in total. The van der Waals surface area contributed by atoms with Crippen molar-refractivity contribution in [2.24, 2.45) is 0 Å². The highest BCUT2D eigenvalue weighted by atomic mass is 127. The summed E-state index contributed by atoms with van der Waals surface area (Å²) in [6.07, 6.45) is 4.35. The third kappa shape index (κ3) is 2.43. The first-order valence-corrected chi connectivity index (χ1v) is 9.55. The molecule has 24 heavy (non-hydrogen) atoms. The van der Waals surface area contributed by atoms with Gasteiger partial charge in [-0.05, 0) is 33.9 Å². The first-order chi connectivity index (χ1) is 11.5. The zero-order chi connectivity index (χ0) is 17.5. The molecule has 0 amide bonds. The number of fused-ring (bicyclic) bond motifs is 5. The Labute approximate surface area is 159 Å². The molecule has 1 heterocycles. The van der Waals surface area contributed by atoms with E-state index in [9.17, 15) is 0 Å². The molecular weight excluding hydrogens is 405 g/mol. The van der Waals surface area contributed by atoms with Gasteiger partial charge in [0.05, 0.1) is 28.6 Å². The number of allylic oxidation sites excluding steroid dienone is 2. The normalized spacial score (nSPS) is 16.5. The highest BCUT2D eigenvalue weighted by Crippen LogP contribution is 2.53. The standard InChI is InChI=1S/C20H18IN.C2H6/c1-13-7-6-12-22(21)17-11-10-16-19(18(13)17)14-8-4-5-9-15(14)20(16,2)3;1-2/h4-11H,1,12H2,2-3H3;1-2H3. The molecule has 0 spiro atoms. The van der Waals surface area contributed by atoms with Crippen LogP contribution in [0.2, 0.25) is 0 Å². The van der Waals surface area contributed by atoms with E-state index in [0.29, 0.717) is 0 Å². The fraction of sp³-hybridized carbons (Fsp3) is 0.273. The van der Waals surface area contributed by atoms with Crippen molar-refractivity contribution in [3.8, 4) is 11.1 Å². The fourth-order valence-electron chi connectivity index (χ4n) is 3.78. The van der Waals surface area contributed by atoms with Gasteiger partial charge in [0, 0.05) is 17.5 Å². The Morgan fingerprint density at radius 3 is 2.46 bits per heavy atom. The molecule has 0 fully saturated rings. The first-order valence-electron chi connectivity index (χ1n) is 8.58. The van der Waals surface area contributed by atoms with Crippen molar-refractivity contribution < 1.29 is 0 Å². The van der Waals surface area contributed by atoms with Crippen molar-refractivity contribution in [1.29, 1.82) is 0 Å². The van der Waals surface area contributed by atoms with Gasteiger partial charge in [-0.25, -0.2) is 0 Å². The summed E-state index contributed by atoms with van der Waals surface area (Å²) in [7, 11) is 0. The first kappa shape index (κ1) is 17.3. The quantitative estimate of drug-likeness (QED) is 0.330. The molecule has 124 valence electrons. The van der Waals surface area contributed by atoms with Gasteiger partial charge < -0.3 is 3.11 Å². The molecular formula is C22H24IN. The van der Waals surface area contributed by atoms with Crippen molar-refractivity contribution in [2.45, 2.75) is 33.1 Å². The van der Waals surface area contributed by atoms with Crippen molar-refractivity contribution in [3.63, 3.8) is 0 Å². The topological polar surface area (TPSA) is 3.24 Å². The predicted molar refractivity (Wildman–Crippen MR) is 115 cm³/mol. The number of nitrogens with zero attached hydrogens (tertiary/aromatic N) is 1. The molecule has 0 saturated carbocycles. The maximum Gasteiger partial charge on any atom is 0.0594 e. The van der Waals surface area contributed by atoms with Gasteiger partial charge in [-0.1, -0.05) is 76.8 Å². The maximum atomic E-state index is 4.33. The minimum Gasteiger partial charge on any atom is -0.310 e. The minimum absolute atomic E-state index is 0.0490. The zero-order valence-corrected chi connectivity index (χ0v) is 17.0. The van der Waals surface area contributed by atoms with Crippen molar-refractivity contribution in [1.82, 2.24) is 0 Å². The number of hydrogen-bond acceptors (Lipinski definition) is 1. The molecule has 2 aliphatic rings. The summed E-state index contributed by atoms with van der Waals surface area (Å²) >= 11 is 2.40. The van der Waals surface area contributed by atoms with Crippen LogP contribution in [0.1, 0.15) is 44.4 Å². The SMILES string of the molecule is C=C1C=CCN(I)c2ccc3c(c21)-c1ccccc1C3(C)C.CC. The van der Waals surface area contributed by atoms with E-state index in [1.165, 1.54) is 33.5 Å². The van der Waals surface area contributed by atoms with Gasteiger partial charge >= 0.3 is 0 Å². The number of hydrogen-bond donors (Lipinski definition) is 0. The van der Waals surface area contributed by atoms with E-state index in [0.717, 1.165) is 12.1 Å². The molecule has 1 aliphatic heterocycles. The van der Waals surface area contributed by atoms with Crippen LogP contribution in [0.4, 0.5) is 5.69 Å². The second kappa shape index (κ2) is 6.40. The van der Waals surface area contributed by atoms with Crippen molar-refractivity contribution >= 4 is 34.1 Å². The largest absolute Gasteiger partial charge is 0.310 e.